The number of likely N-dealkylation sites (tertiary alicyclic amines) is 1. The molecule has 1 fully saturated rings. The third-order valence-electron chi connectivity index (χ3n) is 3.55. The number of nitrogens with one attached hydrogen (secondary N) is 1. The minimum absolute atomic E-state index is 0. The number of halogens is 1. The zero-order chi connectivity index (χ0) is 14.1. The fraction of sp³-hybridized carbons (Fsp3) is 0.625. The monoisotopic (exact) mass is 284 g/mol. The number of hydrogen-bond donors (Lipinski definition) is 1. The standard InChI is InChI=1S/C14H21FN2.C2H6.H2O/c1-16-10-12-6-8-17(9-7-12)11-13-4-2-3-5-14(13)15;1-2;/h2-5,12,16H,6-11H2,1H3;1-2H3;1H2. The maximum Gasteiger partial charge on any atom is 0.127 e. The molecule has 1 aromatic carbocycles. The number of nitrogens with zero attached hydrogens (tertiary/aromatic N) is 1. The summed E-state index contributed by atoms with van der Waals surface area (Å²) >= 11 is 0. The SMILES string of the molecule is CC.CNCC1CCN(Cc2ccccc2F)CC1.O. The van der Waals surface area contributed by atoms with E-state index >= 15 is 0 Å². The molecule has 20 heavy (non-hydrogen) atoms. The van der Waals surface area contributed by atoms with Crippen LogP contribution >= 0.6 is 0 Å². The van der Waals surface area contributed by atoms with Gasteiger partial charge in [-0.25, -0.2) is 4.39 Å². The highest BCUT2D eigenvalue weighted by atomic mass is 19.1. The molecule has 0 saturated carbocycles. The number of hydrogen-bond acceptors (Lipinski definition) is 2. The summed E-state index contributed by atoms with van der Waals surface area (Å²) in [4.78, 5) is 2.35. The lowest BCUT2D eigenvalue weighted by molar-refractivity contribution is 0.175. The van der Waals surface area contributed by atoms with Gasteiger partial charge in [-0.3, -0.25) is 4.90 Å². The highest BCUT2D eigenvalue weighted by Crippen LogP contribution is 2.19. The second-order valence-electron chi connectivity index (χ2n) is 4.87. The first-order chi connectivity index (χ1) is 9.29. The van der Waals surface area contributed by atoms with Crippen molar-refractivity contribution in [1.82, 2.24) is 10.2 Å². The Morgan fingerprint density at radius 2 is 1.80 bits per heavy atom. The van der Waals surface area contributed by atoms with Gasteiger partial charge in [-0.2, -0.15) is 0 Å². The van der Waals surface area contributed by atoms with Crippen molar-refractivity contribution in [2.24, 2.45) is 5.92 Å². The molecule has 0 amide bonds. The Morgan fingerprint density at radius 3 is 2.35 bits per heavy atom. The largest absolute Gasteiger partial charge is 0.412 e. The van der Waals surface area contributed by atoms with Crippen molar-refractivity contribution in [2.45, 2.75) is 33.2 Å². The van der Waals surface area contributed by atoms with Crippen LogP contribution in [0, 0.1) is 11.7 Å². The molecule has 1 saturated heterocycles. The van der Waals surface area contributed by atoms with Crippen molar-refractivity contribution >= 4 is 0 Å². The first-order valence-electron chi connectivity index (χ1n) is 7.40. The van der Waals surface area contributed by atoms with E-state index in [0.717, 1.165) is 37.7 Å². The van der Waals surface area contributed by atoms with Crippen molar-refractivity contribution in [3.63, 3.8) is 0 Å². The van der Waals surface area contributed by atoms with E-state index in [9.17, 15) is 4.39 Å². The minimum Gasteiger partial charge on any atom is -0.412 e. The molecule has 4 heteroatoms. The van der Waals surface area contributed by atoms with E-state index in [2.05, 4.69) is 10.2 Å². The Balaban J connectivity index is 0.00000115. The third-order valence-corrected chi connectivity index (χ3v) is 3.55. The van der Waals surface area contributed by atoms with Gasteiger partial charge >= 0.3 is 0 Å². The lowest BCUT2D eigenvalue weighted by Gasteiger charge is -2.31. The van der Waals surface area contributed by atoms with Crippen LogP contribution in [0.2, 0.25) is 0 Å². The van der Waals surface area contributed by atoms with E-state index in [4.69, 9.17) is 0 Å². The van der Waals surface area contributed by atoms with Crippen LogP contribution in [0.5, 0.6) is 0 Å². The summed E-state index contributed by atoms with van der Waals surface area (Å²) in [5.41, 5.74) is 0.819. The Hall–Kier alpha value is -0.970. The van der Waals surface area contributed by atoms with Crippen LogP contribution in [0.3, 0.4) is 0 Å². The molecule has 0 aromatic heterocycles. The second kappa shape index (κ2) is 10.8. The molecular formula is C16H29FN2O. The molecule has 0 unspecified atom stereocenters. The summed E-state index contributed by atoms with van der Waals surface area (Å²) in [5.74, 6) is 0.710. The normalized spacial score (nSPS) is 16.0. The summed E-state index contributed by atoms with van der Waals surface area (Å²) in [6, 6.07) is 7.09. The summed E-state index contributed by atoms with van der Waals surface area (Å²) < 4.78 is 13.5. The Kier molecular flexibility index (Phi) is 10.3. The topological polar surface area (TPSA) is 46.8 Å². The third kappa shape index (κ3) is 5.99. The molecule has 0 radical (unpaired) electrons. The van der Waals surface area contributed by atoms with E-state index in [0.29, 0.717) is 0 Å². The van der Waals surface area contributed by atoms with E-state index in [1.165, 1.54) is 12.8 Å². The Labute approximate surface area is 122 Å². The number of rotatable bonds is 4. The first kappa shape index (κ1) is 19.0. The van der Waals surface area contributed by atoms with Crippen LogP contribution in [0.4, 0.5) is 4.39 Å². The zero-order valence-corrected chi connectivity index (χ0v) is 13.0. The smallest absolute Gasteiger partial charge is 0.127 e. The van der Waals surface area contributed by atoms with Gasteiger partial charge < -0.3 is 10.8 Å². The quantitative estimate of drug-likeness (QED) is 0.923. The first-order valence-corrected chi connectivity index (χ1v) is 7.40. The van der Waals surface area contributed by atoms with E-state index < -0.39 is 0 Å². The molecule has 2 rings (SSSR count). The molecule has 1 heterocycles. The van der Waals surface area contributed by atoms with Gasteiger partial charge in [0.2, 0.25) is 0 Å². The molecule has 1 aliphatic heterocycles. The molecule has 0 spiro atoms. The van der Waals surface area contributed by atoms with Crippen LogP contribution in [-0.2, 0) is 6.54 Å². The van der Waals surface area contributed by atoms with Crippen LogP contribution in [0.1, 0.15) is 32.3 Å². The molecule has 1 aromatic rings. The summed E-state index contributed by atoms with van der Waals surface area (Å²) in [6.45, 7) is 8.02. The molecule has 3 N–H and O–H groups in total. The van der Waals surface area contributed by atoms with Gasteiger partial charge in [0.05, 0.1) is 0 Å². The maximum absolute atomic E-state index is 13.5. The Bertz CT molecular complexity index is 352. The van der Waals surface area contributed by atoms with Crippen molar-refractivity contribution in [2.75, 3.05) is 26.7 Å². The highest BCUT2D eigenvalue weighted by Gasteiger charge is 2.19. The van der Waals surface area contributed by atoms with Gasteiger partial charge in [-0.05, 0) is 51.5 Å². The van der Waals surface area contributed by atoms with Crippen LogP contribution in [0.25, 0.3) is 0 Å². The predicted molar refractivity (Wildman–Crippen MR) is 83.3 cm³/mol. The van der Waals surface area contributed by atoms with Gasteiger partial charge in [-0.15, -0.1) is 0 Å². The van der Waals surface area contributed by atoms with Gasteiger partial charge in [0.15, 0.2) is 0 Å². The summed E-state index contributed by atoms with van der Waals surface area (Å²) in [5, 5.41) is 3.23. The summed E-state index contributed by atoms with van der Waals surface area (Å²) in [7, 11) is 2.01. The van der Waals surface area contributed by atoms with Crippen molar-refractivity contribution in [1.29, 1.82) is 0 Å². The van der Waals surface area contributed by atoms with E-state index in [1.807, 2.05) is 33.0 Å². The van der Waals surface area contributed by atoms with Crippen LogP contribution < -0.4 is 5.32 Å². The number of piperidine rings is 1. The Morgan fingerprint density at radius 1 is 1.20 bits per heavy atom. The van der Waals surface area contributed by atoms with Gasteiger partial charge in [0, 0.05) is 12.1 Å². The van der Waals surface area contributed by atoms with E-state index in [1.54, 1.807) is 12.1 Å². The molecule has 0 aliphatic carbocycles. The van der Waals surface area contributed by atoms with Crippen molar-refractivity contribution in [3.8, 4) is 0 Å². The van der Waals surface area contributed by atoms with Gasteiger partial charge in [0.25, 0.3) is 0 Å². The lowest BCUT2D eigenvalue weighted by atomic mass is 9.96. The van der Waals surface area contributed by atoms with Gasteiger partial charge in [0.1, 0.15) is 5.82 Å². The molecule has 3 nitrogen and oxygen atoms in total. The molecule has 1 aliphatic rings. The fourth-order valence-electron chi connectivity index (χ4n) is 2.50. The predicted octanol–water partition coefficient (Wildman–Crippen LogP) is 2.46. The van der Waals surface area contributed by atoms with Gasteiger partial charge in [-0.1, -0.05) is 32.0 Å². The summed E-state index contributed by atoms with van der Waals surface area (Å²) in [6.07, 6.45) is 2.44. The van der Waals surface area contributed by atoms with Crippen molar-refractivity contribution < 1.29 is 9.87 Å². The minimum atomic E-state index is -0.0788. The molecular weight excluding hydrogens is 255 g/mol. The van der Waals surface area contributed by atoms with E-state index in [-0.39, 0.29) is 11.3 Å². The highest BCUT2D eigenvalue weighted by molar-refractivity contribution is 5.17. The number of benzene rings is 1. The van der Waals surface area contributed by atoms with Crippen LogP contribution in [0.15, 0.2) is 24.3 Å². The van der Waals surface area contributed by atoms with Crippen LogP contribution in [-0.4, -0.2) is 37.1 Å². The lowest BCUT2D eigenvalue weighted by Crippen LogP contribution is -2.36. The molecule has 116 valence electrons. The molecule has 0 bridgehead atoms. The fourth-order valence-corrected chi connectivity index (χ4v) is 2.50. The molecule has 0 atom stereocenters. The maximum atomic E-state index is 13.5. The zero-order valence-electron chi connectivity index (χ0n) is 13.0. The van der Waals surface area contributed by atoms with Crippen molar-refractivity contribution in [3.05, 3.63) is 35.6 Å². The average molecular weight is 284 g/mol. The second-order valence-corrected chi connectivity index (χ2v) is 4.87. The average Bonchev–Trinajstić information content (AvgIpc) is 2.46.